The first kappa shape index (κ1) is 10.5. The summed E-state index contributed by atoms with van der Waals surface area (Å²) in [5.74, 6) is 5.64. The number of ether oxygens (including phenoxy) is 1. The molecule has 0 saturated carbocycles. The van der Waals surface area contributed by atoms with Gasteiger partial charge in [-0.05, 0) is 6.92 Å². The lowest BCUT2D eigenvalue weighted by Gasteiger charge is -2.23. The minimum Gasteiger partial charge on any atom is -0.363 e. The number of hydrogen-bond acceptors (Lipinski definition) is 1. The molecule has 0 rings (SSSR count). The SMILES string of the molecule is CC#CCOCC[N+](C)(C)C. The van der Waals surface area contributed by atoms with Crippen LogP contribution in [0, 0.1) is 11.8 Å². The highest BCUT2D eigenvalue weighted by atomic mass is 16.5. The van der Waals surface area contributed by atoms with Gasteiger partial charge in [0.15, 0.2) is 0 Å². The van der Waals surface area contributed by atoms with E-state index in [4.69, 9.17) is 4.74 Å². The Morgan fingerprint density at radius 1 is 1.27 bits per heavy atom. The molecule has 0 aliphatic carbocycles. The van der Waals surface area contributed by atoms with Gasteiger partial charge in [-0.15, -0.1) is 5.92 Å². The second kappa shape index (κ2) is 5.17. The summed E-state index contributed by atoms with van der Waals surface area (Å²) in [5.41, 5.74) is 0. The number of likely N-dealkylation sites (N-methyl/N-ethyl adjacent to an activating group) is 1. The maximum atomic E-state index is 5.26. The van der Waals surface area contributed by atoms with Gasteiger partial charge in [0.2, 0.25) is 0 Å². The van der Waals surface area contributed by atoms with Crippen LogP contribution in [-0.2, 0) is 4.74 Å². The van der Waals surface area contributed by atoms with Crippen LogP contribution in [0.15, 0.2) is 0 Å². The van der Waals surface area contributed by atoms with Crippen molar-refractivity contribution in [3.63, 3.8) is 0 Å². The minimum absolute atomic E-state index is 0.566. The van der Waals surface area contributed by atoms with Crippen molar-refractivity contribution in [2.24, 2.45) is 0 Å². The first-order valence-corrected chi connectivity index (χ1v) is 3.84. The van der Waals surface area contributed by atoms with Gasteiger partial charge in [-0.3, -0.25) is 0 Å². The molecular formula is C9H18NO+. The lowest BCUT2D eigenvalue weighted by atomic mass is 10.5. The smallest absolute Gasteiger partial charge is 0.108 e. The summed E-state index contributed by atoms with van der Waals surface area (Å²) < 4.78 is 6.20. The Morgan fingerprint density at radius 2 is 1.91 bits per heavy atom. The first-order valence-electron chi connectivity index (χ1n) is 3.84. The molecule has 0 aromatic carbocycles. The van der Waals surface area contributed by atoms with Gasteiger partial charge in [0, 0.05) is 0 Å². The van der Waals surface area contributed by atoms with Crippen molar-refractivity contribution in [1.82, 2.24) is 0 Å². The van der Waals surface area contributed by atoms with Gasteiger partial charge in [-0.25, -0.2) is 0 Å². The maximum Gasteiger partial charge on any atom is 0.108 e. The van der Waals surface area contributed by atoms with Crippen molar-refractivity contribution in [3.8, 4) is 11.8 Å². The van der Waals surface area contributed by atoms with E-state index in [1.165, 1.54) is 0 Å². The number of rotatable bonds is 4. The van der Waals surface area contributed by atoms with Crippen molar-refractivity contribution >= 4 is 0 Å². The van der Waals surface area contributed by atoms with Crippen LogP contribution in [-0.4, -0.2) is 45.4 Å². The Hall–Kier alpha value is -0.520. The van der Waals surface area contributed by atoms with Crippen molar-refractivity contribution in [3.05, 3.63) is 0 Å². The summed E-state index contributed by atoms with van der Waals surface area (Å²) >= 11 is 0. The highest BCUT2D eigenvalue weighted by Crippen LogP contribution is 1.88. The van der Waals surface area contributed by atoms with Crippen LogP contribution in [0.2, 0.25) is 0 Å². The molecule has 0 saturated heterocycles. The van der Waals surface area contributed by atoms with E-state index in [-0.39, 0.29) is 0 Å². The summed E-state index contributed by atoms with van der Waals surface area (Å²) in [6, 6.07) is 0. The van der Waals surface area contributed by atoms with E-state index in [2.05, 4.69) is 33.0 Å². The normalized spacial score (nSPS) is 10.5. The predicted octanol–water partition coefficient (Wildman–Crippen LogP) is 0.732. The molecule has 0 amide bonds. The minimum atomic E-state index is 0.566. The zero-order valence-electron chi connectivity index (χ0n) is 7.98. The zero-order chi connectivity index (χ0) is 8.74. The van der Waals surface area contributed by atoms with Gasteiger partial charge in [-0.2, -0.15) is 0 Å². The number of nitrogens with zero attached hydrogens (tertiary/aromatic N) is 1. The second-order valence-corrected chi connectivity index (χ2v) is 3.49. The Kier molecular flexibility index (Phi) is 4.93. The monoisotopic (exact) mass is 156 g/mol. The van der Waals surface area contributed by atoms with E-state index in [0.29, 0.717) is 6.61 Å². The molecule has 0 unspecified atom stereocenters. The molecule has 2 heteroatoms. The molecule has 2 nitrogen and oxygen atoms in total. The molecule has 0 N–H and O–H groups in total. The quantitative estimate of drug-likeness (QED) is 0.331. The average molecular weight is 156 g/mol. The molecule has 11 heavy (non-hydrogen) atoms. The van der Waals surface area contributed by atoms with Crippen LogP contribution in [0.5, 0.6) is 0 Å². The van der Waals surface area contributed by atoms with Gasteiger partial charge < -0.3 is 9.22 Å². The molecule has 0 aromatic rings. The highest BCUT2D eigenvalue weighted by Gasteiger charge is 2.04. The first-order chi connectivity index (χ1) is 5.06. The largest absolute Gasteiger partial charge is 0.363 e. The van der Waals surface area contributed by atoms with Gasteiger partial charge in [0.05, 0.1) is 27.7 Å². The third-order valence-corrected chi connectivity index (χ3v) is 1.26. The van der Waals surface area contributed by atoms with Crippen LogP contribution in [0.3, 0.4) is 0 Å². The topological polar surface area (TPSA) is 9.23 Å². The molecule has 0 fully saturated rings. The molecule has 0 aliphatic rings. The zero-order valence-corrected chi connectivity index (χ0v) is 7.98. The summed E-state index contributed by atoms with van der Waals surface area (Å²) in [7, 11) is 6.44. The Labute approximate surface area is 69.7 Å². The van der Waals surface area contributed by atoms with Crippen LogP contribution in [0.1, 0.15) is 6.92 Å². The van der Waals surface area contributed by atoms with E-state index >= 15 is 0 Å². The molecule has 0 aromatic heterocycles. The fraction of sp³-hybridized carbons (Fsp3) is 0.778. The molecule has 0 heterocycles. The average Bonchev–Trinajstić information content (AvgIpc) is 1.85. The van der Waals surface area contributed by atoms with Crippen molar-refractivity contribution in [2.75, 3.05) is 40.9 Å². The summed E-state index contributed by atoms with van der Waals surface area (Å²) in [5, 5.41) is 0. The third kappa shape index (κ3) is 9.48. The number of hydrogen-bond donors (Lipinski definition) is 0. The van der Waals surface area contributed by atoms with Gasteiger partial charge in [0.25, 0.3) is 0 Å². The van der Waals surface area contributed by atoms with Crippen LogP contribution in [0.4, 0.5) is 0 Å². The summed E-state index contributed by atoms with van der Waals surface area (Å²) in [4.78, 5) is 0. The van der Waals surface area contributed by atoms with Crippen LogP contribution >= 0.6 is 0 Å². The summed E-state index contributed by atoms with van der Waals surface area (Å²) in [6.45, 7) is 4.21. The molecule has 64 valence electrons. The standard InChI is InChI=1S/C9H18NO/c1-5-6-8-11-9-7-10(2,3)4/h7-9H2,1-4H3/q+1. The lowest BCUT2D eigenvalue weighted by molar-refractivity contribution is -0.870. The van der Waals surface area contributed by atoms with Gasteiger partial charge in [-0.1, -0.05) is 5.92 Å². The molecule has 0 aliphatic heterocycles. The van der Waals surface area contributed by atoms with E-state index in [1.807, 2.05) is 6.92 Å². The molecular weight excluding hydrogens is 138 g/mol. The van der Waals surface area contributed by atoms with Gasteiger partial charge in [0.1, 0.15) is 13.2 Å². The van der Waals surface area contributed by atoms with Crippen molar-refractivity contribution in [1.29, 1.82) is 0 Å². The summed E-state index contributed by atoms with van der Waals surface area (Å²) in [6.07, 6.45) is 0. The number of quaternary nitrogens is 1. The second-order valence-electron chi connectivity index (χ2n) is 3.49. The van der Waals surface area contributed by atoms with Crippen molar-refractivity contribution in [2.45, 2.75) is 6.92 Å². The van der Waals surface area contributed by atoms with Gasteiger partial charge >= 0.3 is 0 Å². The Morgan fingerprint density at radius 3 is 2.36 bits per heavy atom. The molecule has 0 radical (unpaired) electrons. The third-order valence-electron chi connectivity index (χ3n) is 1.26. The lowest BCUT2D eigenvalue weighted by Crippen LogP contribution is -2.37. The van der Waals surface area contributed by atoms with Crippen LogP contribution < -0.4 is 0 Å². The maximum absolute atomic E-state index is 5.26. The van der Waals surface area contributed by atoms with Crippen LogP contribution in [0.25, 0.3) is 0 Å². The fourth-order valence-electron chi connectivity index (χ4n) is 0.534. The molecule has 0 bridgehead atoms. The highest BCUT2D eigenvalue weighted by molar-refractivity contribution is 4.94. The Bertz CT molecular complexity index is 147. The van der Waals surface area contributed by atoms with Crippen molar-refractivity contribution < 1.29 is 9.22 Å². The van der Waals surface area contributed by atoms with E-state index in [9.17, 15) is 0 Å². The van der Waals surface area contributed by atoms with E-state index < -0.39 is 0 Å². The Balaban J connectivity index is 3.19. The molecule has 0 spiro atoms. The predicted molar refractivity (Wildman–Crippen MR) is 47.2 cm³/mol. The fourth-order valence-corrected chi connectivity index (χ4v) is 0.534. The van der Waals surface area contributed by atoms with E-state index in [0.717, 1.165) is 17.6 Å². The molecule has 0 atom stereocenters. The van der Waals surface area contributed by atoms with E-state index in [1.54, 1.807) is 0 Å².